The molecule has 0 fully saturated rings. The lowest BCUT2D eigenvalue weighted by Crippen LogP contribution is -2.10. The van der Waals surface area contributed by atoms with Crippen LogP contribution in [0.25, 0.3) is 0 Å². The Labute approximate surface area is 119 Å². The maximum Gasteiger partial charge on any atom is 0.419 e. The molecule has 110 valence electrons. The van der Waals surface area contributed by atoms with Gasteiger partial charge in [-0.15, -0.1) is 0 Å². The Morgan fingerprint density at radius 3 is 2.29 bits per heavy atom. The van der Waals surface area contributed by atoms with E-state index in [2.05, 4.69) is 0 Å². The van der Waals surface area contributed by atoms with E-state index in [0.29, 0.717) is 18.6 Å². The molecule has 2 aromatic carbocycles. The van der Waals surface area contributed by atoms with E-state index in [1.54, 1.807) is 0 Å². The number of aryl methyl sites for hydroxylation is 1. The summed E-state index contributed by atoms with van der Waals surface area (Å²) in [6.07, 6.45) is -4.30. The van der Waals surface area contributed by atoms with Gasteiger partial charge >= 0.3 is 6.18 Å². The summed E-state index contributed by atoms with van der Waals surface area (Å²) in [5, 5.41) is 0. The summed E-state index contributed by atoms with van der Waals surface area (Å²) in [6, 6.07) is 11.5. The number of Topliss-reactive ketones (excluding diaryl/α,β-unsaturated/α-hetero) is 1. The largest absolute Gasteiger partial charge is 0.419 e. The maximum absolute atomic E-state index is 13.1. The molecular formula is C16H12F4O. The van der Waals surface area contributed by atoms with Gasteiger partial charge in [-0.25, -0.2) is 4.39 Å². The number of rotatable bonds is 4. The molecule has 21 heavy (non-hydrogen) atoms. The van der Waals surface area contributed by atoms with Crippen LogP contribution in [-0.2, 0) is 12.6 Å². The Morgan fingerprint density at radius 1 is 1.00 bits per heavy atom. The topological polar surface area (TPSA) is 17.1 Å². The van der Waals surface area contributed by atoms with E-state index < -0.39 is 23.3 Å². The minimum absolute atomic E-state index is 0.0763. The summed E-state index contributed by atoms with van der Waals surface area (Å²) in [4.78, 5) is 11.9. The summed E-state index contributed by atoms with van der Waals surface area (Å²) in [6.45, 7) is 0. The van der Waals surface area contributed by atoms with Crippen molar-refractivity contribution in [3.63, 3.8) is 0 Å². The minimum atomic E-state index is -4.81. The van der Waals surface area contributed by atoms with E-state index in [1.165, 1.54) is 0 Å². The Kier molecular flexibility index (Phi) is 4.40. The normalized spacial score (nSPS) is 11.4. The molecule has 2 rings (SSSR count). The third kappa shape index (κ3) is 3.90. The van der Waals surface area contributed by atoms with Crippen molar-refractivity contribution >= 4 is 5.78 Å². The van der Waals surface area contributed by atoms with Gasteiger partial charge in [-0.05, 0) is 30.2 Å². The minimum Gasteiger partial charge on any atom is -0.294 e. The monoisotopic (exact) mass is 296 g/mol. The van der Waals surface area contributed by atoms with Crippen LogP contribution in [-0.4, -0.2) is 5.78 Å². The SMILES string of the molecule is O=C(CCc1ccccc1)c1ccc(F)c(C(F)(F)F)c1. The second kappa shape index (κ2) is 6.08. The van der Waals surface area contributed by atoms with E-state index in [9.17, 15) is 22.4 Å². The molecule has 0 aliphatic heterocycles. The van der Waals surface area contributed by atoms with Crippen molar-refractivity contribution in [3.05, 3.63) is 71.0 Å². The van der Waals surface area contributed by atoms with Crippen LogP contribution in [0.5, 0.6) is 0 Å². The zero-order valence-corrected chi connectivity index (χ0v) is 11.0. The van der Waals surface area contributed by atoms with Crippen LogP contribution in [0.2, 0.25) is 0 Å². The zero-order chi connectivity index (χ0) is 15.5. The van der Waals surface area contributed by atoms with Gasteiger partial charge in [0.25, 0.3) is 0 Å². The van der Waals surface area contributed by atoms with Gasteiger partial charge in [0.2, 0.25) is 0 Å². The van der Waals surface area contributed by atoms with Gasteiger partial charge in [0, 0.05) is 12.0 Å². The zero-order valence-electron chi connectivity index (χ0n) is 11.0. The summed E-state index contributed by atoms with van der Waals surface area (Å²) in [7, 11) is 0. The molecule has 0 amide bonds. The van der Waals surface area contributed by atoms with Gasteiger partial charge in [0.1, 0.15) is 5.82 Å². The second-order valence-electron chi connectivity index (χ2n) is 4.60. The first kappa shape index (κ1) is 15.2. The first-order chi connectivity index (χ1) is 9.88. The molecule has 0 heterocycles. The quantitative estimate of drug-likeness (QED) is 0.592. The van der Waals surface area contributed by atoms with Gasteiger partial charge in [0.15, 0.2) is 5.78 Å². The summed E-state index contributed by atoms with van der Waals surface area (Å²) in [5.74, 6) is -1.81. The van der Waals surface area contributed by atoms with Crippen molar-refractivity contribution in [1.29, 1.82) is 0 Å². The molecule has 0 aromatic heterocycles. The van der Waals surface area contributed by atoms with Crippen molar-refractivity contribution in [1.82, 2.24) is 0 Å². The fraction of sp³-hybridized carbons (Fsp3) is 0.188. The van der Waals surface area contributed by atoms with Crippen molar-refractivity contribution in [2.75, 3.05) is 0 Å². The molecule has 0 radical (unpaired) electrons. The average Bonchev–Trinajstić information content (AvgIpc) is 2.45. The molecule has 1 nitrogen and oxygen atoms in total. The van der Waals surface area contributed by atoms with Crippen LogP contribution < -0.4 is 0 Å². The Bertz CT molecular complexity index is 632. The van der Waals surface area contributed by atoms with Crippen LogP contribution in [0.4, 0.5) is 17.6 Å². The highest BCUT2D eigenvalue weighted by atomic mass is 19.4. The molecule has 0 N–H and O–H groups in total. The van der Waals surface area contributed by atoms with Gasteiger partial charge in [-0.1, -0.05) is 30.3 Å². The molecule has 0 saturated carbocycles. The maximum atomic E-state index is 13.1. The number of carbonyl (C=O) groups is 1. The highest BCUT2D eigenvalue weighted by Gasteiger charge is 2.34. The number of hydrogen-bond donors (Lipinski definition) is 0. The Balaban J connectivity index is 2.13. The third-order valence-electron chi connectivity index (χ3n) is 3.08. The standard InChI is InChI=1S/C16H12F4O/c17-14-8-7-12(10-13(14)16(18,19)20)15(21)9-6-11-4-2-1-3-5-11/h1-5,7-8,10H,6,9H2. The smallest absolute Gasteiger partial charge is 0.294 e. The fourth-order valence-corrected chi connectivity index (χ4v) is 1.96. The van der Waals surface area contributed by atoms with E-state index in [-0.39, 0.29) is 12.0 Å². The fourth-order valence-electron chi connectivity index (χ4n) is 1.96. The van der Waals surface area contributed by atoms with Crippen LogP contribution in [0.3, 0.4) is 0 Å². The van der Waals surface area contributed by atoms with E-state index >= 15 is 0 Å². The van der Waals surface area contributed by atoms with Gasteiger partial charge in [-0.3, -0.25) is 4.79 Å². The lowest BCUT2D eigenvalue weighted by Gasteiger charge is -2.09. The Hall–Kier alpha value is -2.17. The van der Waals surface area contributed by atoms with Crippen LogP contribution in [0.15, 0.2) is 48.5 Å². The van der Waals surface area contributed by atoms with Crippen molar-refractivity contribution < 1.29 is 22.4 Å². The highest BCUT2D eigenvalue weighted by molar-refractivity contribution is 5.96. The molecule has 2 aromatic rings. The number of benzene rings is 2. The molecule has 0 aliphatic carbocycles. The first-order valence-corrected chi connectivity index (χ1v) is 6.32. The van der Waals surface area contributed by atoms with E-state index in [4.69, 9.17) is 0 Å². The molecule has 0 spiro atoms. The van der Waals surface area contributed by atoms with E-state index in [1.807, 2.05) is 30.3 Å². The molecule has 5 heteroatoms. The van der Waals surface area contributed by atoms with Crippen molar-refractivity contribution in [2.45, 2.75) is 19.0 Å². The molecular weight excluding hydrogens is 284 g/mol. The van der Waals surface area contributed by atoms with Gasteiger partial charge in [-0.2, -0.15) is 13.2 Å². The van der Waals surface area contributed by atoms with Gasteiger partial charge < -0.3 is 0 Å². The van der Waals surface area contributed by atoms with Gasteiger partial charge in [0.05, 0.1) is 5.56 Å². The molecule has 0 unspecified atom stereocenters. The number of hydrogen-bond acceptors (Lipinski definition) is 1. The number of carbonyl (C=O) groups excluding carboxylic acids is 1. The molecule has 0 atom stereocenters. The third-order valence-corrected chi connectivity index (χ3v) is 3.08. The summed E-state index contributed by atoms with van der Waals surface area (Å²) in [5.41, 5.74) is -0.614. The van der Waals surface area contributed by atoms with Crippen molar-refractivity contribution in [3.8, 4) is 0 Å². The average molecular weight is 296 g/mol. The lowest BCUT2D eigenvalue weighted by atomic mass is 10.0. The Morgan fingerprint density at radius 2 is 1.67 bits per heavy atom. The molecule has 0 bridgehead atoms. The summed E-state index contributed by atoms with van der Waals surface area (Å²) >= 11 is 0. The number of ketones is 1. The van der Waals surface area contributed by atoms with E-state index in [0.717, 1.165) is 11.6 Å². The van der Waals surface area contributed by atoms with Crippen molar-refractivity contribution in [2.24, 2.45) is 0 Å². The molecule has 0 aliphatic rings. The highest BCUT2D eigenvalue weighted by Crippen LogP contribution is 2.32. The van der Waals surface area contributed by atoms with Crippen LogP contribution >= 0.6 is 0 Å². The predicted molar refractivity (Wildman–Crippen MR) is 70.5 cm³/mol. The second-order valence-corrected chi connectivity index (χ2v) is 4.60. The first-order valence-electron chi connectivity index (χ1n) is 6.32. The lowest BCUT2D eigenvalue weighted by molar-refractivity contribution is -0.140. The van der Waals surface area contributed by atoms with Crippen LogP contribution in [0, 0.1) is 5.82 Å². The predicted octanol–water partition coefficient (Wildman–Crippen LogP) is 4.66. The number of alkyl halides is 3. The van der Waals surface area contributed by atoms with Crippen LogP contribution in [0.1, 0.15) is 27.9 Å². The summed E-state index contributed by atoms with van der Waals surface area (Å²) < 4.78 is 50.9. The number of halogens is 4. The molecule has 0 saturated heterocycles.